The van der Waals surface area contributed by atoms with Crippen LogP contribution in [0.1, 0.15) is 39.5 Å². The zero-order valence-electron chi connectivity index (χ0n) is 7.61. The third-order valence-corrected chi connectivity index (χ3v) is 1.94. The van der Waals surface area contributed by atoms with Gasteiger partial charge in [0.25, 0.3) is 0 Å². The van der Waals surface area contributed by atoms with Crippen molar-refractivity contribution in [3.8, 4) is 0 Å². The molecule has 10 heavy (non-hydrogen) atoms. The van der Waals surface area contributed by atoms with Crippen molar-refractivity contribution in [2.24, 2.45) is 5.92 Å². The molecule has 0 amide bonds. The molecule has 0 saturated heterocycles. The second kappa shape index (κ2) is 7.07. The summed E-state index contributed by atoms with van der Waals surface area (Å²) in [5.74, 6) is 0.910. The van der Waals surface area contributed by atoms with Crippen LogP contribution in [0.4, 0.5) is 0 Å². The van der Waals surface area contributed by atoms with Crippen LogP contribution in [0.2, 0.25) is 0 Å². The van der Waals surface area contributed by atoms with E-state index in [0.29, 0.717) is 0 Å². The van der Waals surface area contributed by atoms with Gasteiger partial charge in [0.15, 0.2) is 0 Å². The zero-order valence-corrected chi connectivity index (χ0v) is 7.61. The highest BCUT2D eigenvalue weighted by Gasteiger charge is 1.98. The van der Waals surface area contributed by atoms with Crippen LogP contribution in [0.25, 0.3) is 0 Å². The van der Waals surface area contributed by atoms with Crippen molar-refractivity contribution in [2.75, 3.05) is 13.6 Å². The lowest BCUT2D eigenvalue weighted by molar-refractivity contribution is 0.463. The van der Waals surface area contributed by atoms with Crippen LogP contribution >= 0.6 is 0 Å². The van der Waals surface area contributed by atoms with Gasteiger partial charge in [0, 0.05) is 0 Å². The quantitative estimate of drug-likeness (QED) is 0.602. The Hall–Kier alpha value is -0.0400. The predicted octanol–water partition coefficient (Wildman–Crippen LogP) is 2.42. The molecule has 0 aliphatic carbocycles. The SMILES string of the molecule is CCCCC(C)CCNC. The maximum atomic E-state index is 3.18. The molecule has 0 fully saturated rings. The molecule has 1 atom stereocenters. The number of rotatable bonds is 6. The molecule has 62 valence electrons. The van der Waals surface area contributed by atoms with E-state index < -0.39 is 0 Å². The topological polar surface area (TPSA) is 12.0 Å². The molecule has 1 unspecified atom stereocenters. The van der Waals surface area contributed by atoms with E-state index in [0.717, 1.165) is 5.92 Å². The summed E-state index contributed by atoms with van der Waals surface area (Å²) in [6.07, 6.45) is 5.46. The van der Waals surface area contributed by atoms with Crippen molar-refractivity contribution in [1.29, 1.82) is 0 Å². The van der Waals surface area contributed by atoms with Crippen LogP contribution in [0, 0.1) is 5.92 Å². The van der Waals surface area contributed by atoms with Gasteiger partial charge >= 0.3 is 0 Å². The lowest BCUT2D eigenvalue weighted by Crippen LogP contribution is -2.11. The molecule has 0 heterocycles. The van der Waals surface area contributed by atoms with Gasteiger partial charge in [-0.2, -0.15) is 0 Å². The summed E-state index contributed by atoms with van der Waals surface area (Å²) in [6.45, 7) is 5.77. The molecule has 1 N–H and O–H groups in total. The highest BCUT2D eigenvalue weighted by atomic mass is 14.8. The maximum Gasteiger partial charge on any atom is -0.00494 e. The third-order valence-electron chi connectivity index (χ3n) is 1.94. The summed E-state index contributed by atoms with van der Waals surface area (Å²) in [4.78, 5) is 0. The molecule has 0 aliphatic rings. The smallest absolute Gasteiger partial charge is 0.00494 e. The first-order chi connectivity index (χ1) is 4.81. The van der Waals surface area contributed by atoms with Gasteiger partial charge in [0.1, 0.15) is 0 Å². The lowest BCUT2D eigenvalue weighted by atomic mass is 10.0. The molecular weight excluding hydrogens is 122 g/mol. The van der Waals surface area contributed by atoms with Gasteiger partial charge in [-0.05, 0) is 25.9 Å². The highest BCUT2D eigenvalue weighted by molar-refractivity contribution is 4.53. The minimum Gasteiger partial charge on any atom is -0.320 e. The number of nitrogens with one attached hydrogen (secondary N) is 1. The second-order valence-corrected chi connectivity index (χ2v) is 3.14. The monoisotopic (exact) mass is 143 g/mol. The molecule has 0 radical (unpaired) electrons. The summed E-state index contributed by atoms with van der Waals surface area (Å²) < 4.78 is 0. The second-order valence-electron chi connectivity index (χ2n) is 3.14. The summed E-state index contributed by atoms with van der Waals surface area (Å²) >= 11 is 0. The van der Waals surface area contributed by atoms with Crippen LogP contribution in [-0.2, 0) is 0 Å². The Bertz CT molecular complexity index is 53.7. The van der Waals surface area contributed by atoms with E-state index in [-0.39, 0.29) is 0 Å². The molecule has 0 bridgehead atoms. The molecule has 1 heteroatoms. The first-order valence-corrected chi connectivity index (χ1v) is 4.45. The molecule has 0 aromatic carbocycles. The Morgan fingerprint density at radius 3 is 2.50 bits per heavy atom. The minimum absolute atomic E-state index is 0.910. The maximum absolute atomic E-state index is 3.18. The van der Waals surface area contributed by atoms with Crippen molar-refractivity contribution < 1.29 is 0 Å². The third kappa shape index (κ3) is 6.09. The van der Waals surface area contributed by atoms with Gasteiger partial charge in [-0.25, -0.2) is 0 Å². The van der Waals surface area contributed by atoms with Crippen LogP contribution in [0.3, 0.4) is 0 Å². The van der Waals surface area contributed by atoms with Crippen molar-refractivity contribution in [2.45, 2.75) is 39.5 Å². The summed E-state index contributed by atoms with van der Waals surface area (Å²) in [5.41, 5.74) is 0. The standard InChI is InChI=1S/C9H21N/c1-4-5-6-9(2)7-8-10-3/h9-10H,4-8H2,1-3H3. The normalized spacial score (nSPS) is 13.5. The van der Waals surface area contributed by atoms with Crippen LogP contribution < -0.4 is 5.32 Å². The first-order valence-electron chi connectivity index (χ1n) is 4.45. The summed E-state index contributed by atoms with van der Waals surface area (Å²) in [5, 5.41) is 3.18. The molecule has 0 spiro atoms. The molecular formula is C9H21N. The van der Waals surface area contributed by atoms with Crippen molar-refractivity contribution in [3.63, 3.8) is 0 Å². The first kappa shape index (κ1) is 9.96. The molecule has 0 aliphatic heterocycles. The van der Waals surface area contributed by atoms with E-state index in [2.05, 4.69) is 19.2 Å². The zero-order chi connectivity index (χ0) is 7.82. The van der Waals surface area contributed by atoms with E-state index in [4.69, 9.17) is 0 Å². The predicted molar refractivity (Wildman–Crippen MR) is 47.2 cm³/mol. The Labute approximate surface area is 65.2 Å². The van der Waals surface area contributed by atoms with Gasteiger partial charge in [-0.1, -0.05) is 33.1 Å². The number of unbranched alkanes of at least 4 members (excludes halogenated alkanes) is 1. The summed E-state index contributed by atoms with van der Waals surface area (Å²) in [7, 11) is 2.02. The largest absolute Gasteiger partial charge is 0.320 e. The number of hydrogen-bond donors (Lipinski definition) is 1. The van der Waals surface area contributed by atoms with Gasteiger partial charge in [0.05, 0.1) is 0 Å². The van der Waals surface area contributed by atoms with Crippen LogP contribution in [0.5, 0.6) is 0 Å². The average Bonchev–Trinajstić information content (AvgIpc) is 1.97. The van der Waals surface area contributed by atoms with Crippen LogP contribution in [-0.4, -0.2) is 13.6 Å². The molecule has 0 rings (SSSR count). The molecule has 1 nitrogen and oxygen atoms in total. The fraction of sp³-hybridized carbons (Fsp3) is 1.00. The summed E-state index contributed by atoms with van der Waals surface area (Å²) in [6, 6.07) is 0. The van der Waals surface area contributed by atoms with Gasteiger partial charge in [-0.3, -0.25) is 0 Å². The van der Waals surface area contributed by atoms with Crippen LogP contribution in [0.15, 0.2) is 0 Å². The Balaban J connectivity index is 3.00. The van der Waals surface area contributed by atoms with E-state index in [9.17, 15) is 0 Å². The van der Waals surface area contributed by atoms with Gasteiger partial charge < -0.3 is 5.32 Å². The van der Waals surface area contributed by atoms with Gasteiger partial charge in [-0.15, -0.1) is 0 Å². The lowest BCUT2D eigenvalue weighted by Gasteiger charge is -2.08. The van der Waals surface area contributed by atoms with E-state index in [1.165, 1.54) is 32.2 Å². The molecule has 0 aromatic rings. The Kier molecular flexibility index (Phi) is 7.04. The molecule has 0 saturated carbocycles. The van der Waals surface area contributed by atoms with Crippen molar-refractivity contribution in [3.05, 3.63) is 0 Å². The Morgan fingerprint density at radius 1 is 1.30 bits per heavy atom. The average molecular weight is 143 g/mol. The fourth-order valence-corrected chi connectivity index (χ4v) is 1.09. The minimum atomic E-state index is 0.910. The van der Waals surface area contributed by atoms with E-state index in [1.54, 1.807) is 0 Å². The van der Waals surface area contributed by atoms with Crippen molar-refractivity contribution >= 4 is 0 Å². The van der Waals surface area contributed by atoms with Crippen molar-refractivity contribution in [1.82, 2.24) is 5.32 Å². The van der Waals surface area contributed by atoms with E-state index >= 15 is 0 Å². The fourth-order valence-electron chi connectivity index (χ4n) is 1.09. The van der Waals surface area contributed by atoms with Gasteiger partial charge in [0.2, 0.25) is 0 Å². The highest BCUT2D eigenvalue weighted by Crippen LogP contribution is 2.10. The molecule has 0 aromatic heterocycles. The van der Waals surface area contributed by atoms with E-state index in [1.807, 2.05) is 7.05 Å². The number of hydrogen-bond acceptors (Lipinski definition) is 1. The Morgan fingerprint density at radius 2 is 2.00 bits per heavy atom.